The molecule has 0 saturated heterocycles. The highest BCUT2D eigenvalue weighted by Crippen LogP contribution is 2.40. The minimum Gasteiger partial charge on any atom is -0.395 e. The molecule has 1 fully saturated rings. The quantitative estimate of drug-likeness (QED) is 0.669. The van der Waals surface area contributed by atoms with Gasteiger partial charge in [-0.1, -0.05) is 0 Å². The third-order valence-electron chi connectivity index (χ3n) is 3.47. The number of nitrogens with one attached hydrogen (secondary N) is 1. The van der Waals surface area contributed by atoms with Gasteiger partial charge in [-0.2, -0.15) is 0 Å². The molecular formula is C14H14N4O4. The molecule has 1 aliphatic carbocycles. The van der Waals surface area contributed by atoms with Gasteiger partial charge >= 0.3 is 5.88 Å². The molecule has 0 bridgehead atoms. The number of carbonyl (C=O) groups excluding carboxylic acids is 1. The Bertz CT molecular complexity index is 723. The Balaban J connectivity index is 1.78. The van der Waals surface area contributed by atoms with Gasteiger partial charge in [-0.05, 0) is 37.8 Å². The van der Waals surface area contributed by atoms with Crippen molar-refractivity contribution in [3.05, 3.63) is 51.8 Å². The van der Waals surface area contributed by atoms with Gasteiger partial charge in [-0.3, -0.25) is 14.9 Å². The Labute approximate surface area is 125 Å². The van der Waals surface area contributed by atoms with Gasteiger partial charge in [0.15, 0.2) is 11.6 Å². The van der Waals surface area contributed by atoms with Crippen molar-refractivity contribution in [1.29, 1.82) is 0 Å². The number of rotatable bonds is 5. The van der Waals surface area contributed by atoms with E-state index in [0.29, 0.717) is 5.82 Å². The number of aryl methyl sites for hydroxylation is 1. The highest BCUT2D eigenvalue weighted by atomic mass is 16.6. The molecule has 1 atom stereocenters. The largest absolute Gasteiger partial charge is 0.433 e. The van der Waals surface area contributed by atoms with Crippen LogP contribution in [0.2, 0.25) is 0 Å². The van der Waals surface area contributed by atoms with Gasteiger partial charge in [0, 0.05) is 11.9 Å². The smallest absolute Gasteiger partial charge is 0.395 e. The van der Waals surface area contributed by atoms with E-state index in [1.54, 1.807) is 12.3 Å². The Morgan fingerprint density at radius 3 is 2.82 bits per heavy atom. The van der Waals surface area contributed by atoms with Crippen LogP contribution in [0.25, 0.3) is 0 Å². The molecule has 1 aliphatic rings. The second kappa shape index (κ2) is 5.55. The number of nitro groups is 1. The molecule has 8 nitrogen and oxygen atoms in total. The number of aromatic nitrogens is 2. The lowest BCUT2D eigenvalue weighted by atomic mass is 10.1. The first-order valence-corrected chi connectivity index (χ1v) is 6.89. The van der Waals surface area contributed by atoms with Crippen molar-refractivity contribution in [3.8, 4) is 0 Å². The van der Waals surface area contributed by atoms with E-state index >= 15 is 0 Å². The van der Waals surface area contributed by atoms with Gasteiger partial charge in [-0.25, -0.2) is 9.97 Å². The van der Waals surface area contributed by atoms with E-state index in [0.717, 1.165) is 24.6 Å². The van der Waals surface area contributed by atoms with Crippen LogP contribution in [0.5, 0.6) is 0 Å². The molecule has 0 radical (unpaired) electrons. The van der Waals surface area contributed by atoms with Crippen molar-refractivity contribution in [2.24, 2.45) is 5.92 Å². The molecule has 1 saturated carbocycles. The van der Waals surface area contributed by atoms with Crippen molar-refractivity contribution < 1.29 is 14.1 Å². The number of carbonyl (C=O) groups is 1. The van der Waals surface area contributed by atoms with E-state index in [-0.39, 0.29) is 17.7 Å². The molecule has 22 heavy (non-hydrogen) atoms. The summed E-state index contributed by atoms with van der Waals surface area (Å²) >= 11 is 0. The van der Waals surface area contributed by atoms with Crippen LogP contribution in [-0.4, -0.2) is 20.8 Å². The lowest BCUT2D eigenvalue weighted by Crippen LogP contribution is -2.31. The molecular weight excluding hydrogens is 288 g/mol. The highest BCUT2D eigenvalue weighted by Gasteiger charge is 2.36. The Morgan fingerprint density at radius 2 is 2.23 bits per heavy atom. The van der Waals surface area contributed by atoms with Gasteiger partial charge in [-0.15, -0.1) is 0 Å². The summed E-state index contributed by atoms with van der Waals surface area (Å²) in [7, 11) is 0. The molecule has 2 aromatic heterocycles. The van der Waals surface area contributed by atoms with Crippen molar-refractivity contribution in [1.82, 2.24) is 15.3 Å². The summed E-state index contributed by atoms with van der Waals surface area (Å²) in [4.78, 5) is 30.7. The number of furan rings is 1. The number of hydrogen-bond donors (Lipinski definition) is 1. The summed E-state index contributed by atoms with van der Waals surface area (Å²) in [6.45, 7) is 1.85. The Kier molecular flexibility index (Phi) is 3.58. The van der Waals surface area contributed by atoms with E-state index in [2.05, 4.69) is 15.3 Å². The van der Waals surface area contributed by atoms with E-state index in [9.17, 15) is 14.9 Å². The molecule has 1 unspecified atom stereocenters. The molecule has 0 aromatic carbocycles. The molecule has 2 heterocycles. The van der Waals surface area contributed by atoms with Gasteiger partial charge in [0.05, 0.1) is 12.1 Å². The fourth-order valence-corrected chi connectivity index (χ4v) is 2.20. The van der Waals surface area contributed by atoms with E-state index in [4.69, 9.17) is 4.42 Å². The summed E-state index contributed by atoms with van der Waals surface area (Å²) in [6, 6.07) is 3.92. The van der Waals surface area contributed by atoms with Gasteiger partial charge in [0.25, 0.3) is 5.91 Å². The Hall–Kier alpha value is -2.77. The fourth-order valence-electron chi connectivity index (χ4n) is 2.20. The second-order valence-corrected chi connectivity index (χ2v) is 5.24. The normalized spacial score (nSPS) is 15.3. The molecule has 1 N–H and O–H groups in total. The SMILES string of the molecule is Cc1ccnc(C(NC(=O)c2ccc([N+](=O)[O-])o2)C2CC2)n1. The maximum absolute atomic E-state index is 12.2. The van der Waals surface area contributed by atoms with Crippen LogP contribution in [0.1, 0.15) is 41.0 Å². The predicted octanol–water partition coefficient (Wildman–Crippen LogP) is 2.17. The van der Waals surface area contributed by atoms with Gasteiger partial charge < -0.3 is 9.73 Å². The first kappa shape index (κ1) is 14.2. The molecule has 1 amide bonds. The molecule has 114 valence electrons. The molecule has 3 rings (SSSR count). The van der Waals surface area contributed by atoms with Crippen LogP contribution >= 0.6 is 0 Å². The molecule has 2 aromatic rings. The zero-order valence-corrected chi connectivity index (χ0v) is 11.9. The number of amides is 1. The van der Waals surface area contributed by atoms with Crippen molar-refractivity contribution in [2.45, 2.75) is 25.8 Å². The van der Waals surface area contributed by atoms with Gasteiger partial charge in [0.2, 0.25) is 0 Å². The average molecular weight is 302 g/mol. The topological polar surface area (TPSA) is 111 Å². The summed E-state index contributed by atoms with van der Waals surface area (Å²) in [6.07, 6.45) is 3.62. The summed E-state index contributed by atoms with van der Waals surface area (Å²) < 4.78 is 4.92. The minimum absolute atomic E-state index is 0.0926. The molecule has 0 spiro atoms. The first-order chi connectivity index (χ1) is 10.5. The van der Waals surface area contributed by atoms with Crippen LogP contribution in [0.3, 0.4) is 0 Å². The number of nitrogens with zero attached hydrogens (tertiary/aromatic N) is 3. The molecule has 8 heteroatoms. The number of hydrogen-bond acceptors (Lipinski definition) is 6. The average Bonchev–Trinajstić information content (AvgIpc) is 3.19. The van der Waals surface area contributed by atoms with Crippen molar-refractivity contribution in [2.75, 3.05) is 0 Å². The lowest BCUT2D eigenvalue weighted by molar-refractivity contribution is -0.402. The second-order valence-electron chi connectivity index (χ2n) is 5.24. The minimum atomic E-state index is -0.682. The maximum atomic E-state index is 12.2. The zero-order valence-electron chi connectivity index (χ0n) is 11.9. The van der Waals surface area contributed by atoms with Crippen LogP contribution in [0.15, 0.2) is 28.8 Å². The van der Waals surface area contributed by atoms with E-state index in [1.165, 1.54) is 6.07 Å². The van der Waals surface area contributed by atoms with E-state index < -0.39 is 16.7 Å². The van der Waals surface area contributed by atoms with Crippen molar-refractivity contribution in [3.63, 3.8) is 0 Å². The zero-order chi connectivity index (χ0) is 15.7. The standard InChI is InChI=1S/C14H14N4O4/c1-8-6-7-15-13(16-8)12(9-2-3-9)17-14(19)10-4-5-11(22-10)18(20)21/h4-7,9,12H,2-3H2,1H3,(H,17,19). The molecule has 0 aliphatic heterocycles. The maximum Gasteiger partial charge on any atom is 0.433 e. The van der Waals surface area contributed by atoms with E-state index in [1.807, 2.05) is 6.92 Å². The van der Waals surface area contributed by atoms with Crippen LogP contribution in [-0.2, 0) is 0 Å². The predicted molar refractivity (Wildman–Crippen MR) is 75.1 cm³/mol. The fraction of sp³-hybridized carbons (Fsp3) is 0.357. The monoisotopic (exact) mass is 302 g/mol. The van der Waals surface area contributed by atoms with Crippen molar-refractivity contribution >= 4 is 11.8 Å². The summed E-state index contributed by atoms with van der Waals surface area (Å²) in [5.74, 6) is -0.215. The highest BCUT2D eigenvalue weighted by molar-refractivity contribution is 5.92. The first-order valence-electron chi connectivity index (χ1n) is 6.89. The third kappa shape index (κ3) is 2.95. The lowest BCUT2D eigenvalue weighted by Gasteiger charge is -2.16. The Morgan fingerprint density at radius 1 is 1.45 bits per heavy atom. The van der Waals surface area contributed by atoms with Crippen LogP contribution in [0.4, 0.5) is 5.88 Å². The van der Waals surface area contributed by atoms with Crippen LogP contribution in [0, 0.1) is 23.0 Å². The van der Waals surface area contributed by atoms with Gasteiger partial charge in [0.1, 0.15) is 4.92 Å². The summed E-state index contributed by atoms with van der Waals surface area (Å²) in [5.41, 5.74) is 0.818. The third-order valence-corrected chi connectivity index (χ3v) is 3.47. The van der Waals surface area contributed by atoms with Crippen LogP contribution < -0.4 is 5.32 Å². The summed E-state index contributed by atoms with van der Waals surface area (Å²) in [5, 5.41) is 13.4.